The first-order valence-electron chi connectivity index (χ1n) is 19.5. The summed E-state index contributed by atoms with van der Waals surface area (Å²) in [7, 11) is 0. The average Bonchev–Trinajstić information content (AvgIpc) is 3.39. The molecule has 0 aromatic rings. The quantitative estimate of drug-likeness (QED) is 0.192. The average molecular weight is 669 g/mol. The predicted octanol–water partition coefficient (Wildman–Crippen LogP) is 7.73. The van der Waals surface area contributed by atoms with Crippen LogP contribution in [0.1, 0.15) is 126 Å². The number of carboxylic acids is 1. The van der Waals surface area contributed by atoms with Crippen molar-refractivity contribution in [1.29, 1.82) is 0 Å². The normalized spacial score (nSPS) is 44.1. The zero-order chi connectivity index (χ0) is 34.9. The Labute approximate surface area is 291 Å². The molecule has 6 fully saturated rings. The summed E-state index contributed by atoms with van der Waals surface area (Å²) in [5.74, 6) is 1.75. The number of carboxylic acid groups (broad SMARTS) is 1. The molecule has 0 amide bonds. The Morgan fingerprint density at radius 3 is 2.29 bits per heavy atom. The molecule has 0 aromatic heterocycles. The number of morpholine rings is 1. The number of hydrogen-bond donors (Lipinski definition) is 2. The van der Waals surface area contributed by atoms with Crippen molar-refractivity contribution in [3.8, 4) is 0 Å². The van der Waals surface area contributed by atoms with Crippen LogP contribution in [0.5, 0.6) is 0 Å². The maximum atomic E-state index is 13.3. The van der Waals surface area contributed by atoms with Crippen LogP contribution in [-0.2, 0) is 19.1 Å². The van der Waals surface area contributed by atoms with E-state index in [4.69, 9.17) is 9.47 Å². The highest BCUT2D eigenvalue weighted by Crippen LogP contribution is 2.76. The molecule has 5 aliphatic carbocycles. The van der Waals surface area contributed by atoms with Crippen molar-refractivity contribution in [2.75, 3.05) is 39.4 Å². The summed E-state index contributed by atoms with van der Waals surface area (Å²) >= 11 is 0. The highest BCUT2D eigenvalue weighted by atomic mass is 16.5. The van der Waals surface area contributed by atoms with E-state index in [2.05, 4.69) is 58.3 Å². The number of rotatable bonds is 9. The molecule has 2 N–H and O–H groups in total. The molecule has 0 radical (unpaired) electrons. The summed E-state index contributed by atoms with van der Waals surface area (Å²) < 4.78 is 11.9. The third-order valence-corrected chi connectivity index (χ3v) is 16.4. The van der Waals surface area contributed by atoms with Gasteiger partial charge in [0.15, 0.2) is 0 Å². The number of carbonyl (C=O) groups is 2. The van der Waals surface area contributed by atoms with Gasteiger partial charge in [0, 0.05) is 37.1 Å². The Morgan fingerprint density at radius 2 is 1.62 bits per heavy atom. The van der Waals surface area contributed by atoms with Crippen LogP contribution in [0.4, 0.5) is 0 Å². The minimum atomic E-state index is -1.03. The van der Waals surface area contributed by atoms with Gasteiger partial charge in [-0.1, -0.05) is 46.8 Å². The van der Waals surface area contributed by atoms with Crippen LogP contribution < -0.4 is 5.32 Å². The van der Waals surface area contributed by atoms with E-state index in [-0.39, 0.29) is 45.7 Å². The van der Waals surface area contributed by atoms with E-state index in [9.17, 15) is 14.7 Å². The molecule has 0 aromatic carbocycles. The monoisotopic (exact) mass is 669 g/mol. The lowest BCUT2D eigenvalue weighted by Gasteiger charge is -2.73. The molecule has 1 aliphatic heterocycles. The van der Waals surface area contributed by atoms with E-state index in [1.54, 1.807) is 13.8 Å². The molecule has 0 bridgehead atoms. The first-order chi connectivity index (χ1) is 22.4. The van der Waals surface area contributed by atoms with Crippen LogP contribution in [0.3, 0.4) is 0 Å². The van der Waals surface area contributed by atoms with E-state index in [1.807, 2.05) is 0 Å². The number of ether oxygens (including phenoxy) is 2. The number of carbonyl (C=O) groups excluding carboxylic acids is 1. The van der Waals surface area contributed by atoms with Gasteiger partial charge in [-0.3, -0.25) is 14.5 Å². The molecule has 7 heteroatoms. The van der Waals surface area contributed by atoms with Crippen LogP contribution in [0.2, 0.25) is 0 Å². The fraction of sp³-hybridized carbons (Fsp3) is 0.902. The first-order valence-corrected chi connectivity index (χ1v) is 19.5. The number of fused-ring (bicyclic) bond motifs is 7. The Morgan fingerprint density at radius 1 is 0.917 bits per heavy atom. The number of aliphatic carboxylic acids is 1. The van der Waals surface area contributed by atoms with Gasteiger partial charge in [-0.25, -0.2) is 0 Å². The van der Waals surface area contributed by atoms with Crippen LogP contribution >= 0.6 is 0 Å². The van der Waals surface area contributed by atoms with Crippen LogP contribution in [0.25, 0.3) is 0 Å². The van der Waals surface area contributed by atoms with Crippen molar-refractivity contribution in [2.45, 2.75) is 138 Å². The summed E-state index contributed by atoms with van der Waals surface area (Å²) in [5.41, 5.74) is 1.18. The highest BCUT2D eigenvalue weighted by Gasteiger charge is 2.71. The predicted molar refractivity (Wildman–Crippen MR) is 190 cm³/mol. The van der Waals surface area contributed by atoms with Gasteiger partial charge < -0.3 is 19.9 Å². The van der Waals surface area contributed by atoms with Gasteiger partial charge in [0.1, 0.15) is 6.10 Å². The van der Waals surface area contributed by atoms with Gasteiger partial charge in [-0.05, 0) is 131 Å². The number of nitrogens with one attached hydrogen (secondary N) is 1. The second-order valence-electron chi connectivity index (χ2n) is 19.4. The minimum Gasteiger partial charge on any atom is -0.481 e. The van der Waals surface area contributed by atoms with Gasteiger partial charge in [-0.2, -0.15) is 0 Å². The summed E-state index contributed by atoms with van der Waals surface area (Å²) in [6.45, 7) is 29.0. The SMILES string of the molecule is C=C(C)[C@@H]1CC[C@]2(NCCN3CCOCC3)CC[C@]3(C)[C@H](CCC4C5(C)CC[C@H](OC(=O)C(C)(C)CC(=O)O)C(C)(C)[C@@H]5CC[C@]43C)[C@@H]12. The summed E-state index contributed by atoms with van der Waals surface area (Å²) in [6.07, 6.45) is 11.7. The number of nitrogens with zero attached hydrogens (tertiary/aromatic N) is 1. The summed E-state index contributed by atoms with van der Waals surface area (Å²) in [6, 6.07) is 0. The molecule has 0 spiro atoms. The van der Waals surface area contributed by atoms with Gasteiger partial charge in [0.2, 0.25) is 0 Å². The Kier molecular flexibility index (Phi) is 9.58. The van der Waals surface area contributed by atoms with Crippen LogP contribution in [-0.4, -0.2) is 73.0 Å². The van der Waals surface area contributed by atoms with Gasteiger partial charge >= 0.3 is 11.9 Å². The molecule has 272 valence electrons. The lowest BCUT2D eigenvalue weighted by Crippen LogP contribution is -2.69. The third-order valence-electron chi connectivity index (χ3n) is 16.4. The molecule has 1 heterocycles. The fourth-order valence-electron chi connectivity index (χ4n) is 13.7. The first kappa shape index (κ1) is 36.4. The van der Waals surface area contributed by atoms with Crippen LogP contribution in [0.15, 0.2) is 12.2 Å². The number of esters is 1. The molecule has 2 unspecified atom stereocenters. The zero-order valence-electron chi connectivity index (χ0n) is 31.7. The molecule has 10 atom stereocenters. The Hall–Kier alpha value is -1.44. The second kappa shape index (κ2) is 12.7. The van der Waals surface area contributed by atoms with E-state index in [0.717, 1.165) is 52.2 Å². The van der Waals surface area contributed by atoms with Crippen molar-refractivity contribution in [2.24, 2.45) is 56.7 Å². The molecule has 6 rings (SSSR count). The standard InChI is InChI=1S/C41H68N2O5/c1-27(2)28-12-17-41(42-20-21-43-22-24-47-25-23-43)19-18-39(8)29(34(28)41)10-11-31-38(7)15-14-32(48-35(46)36(3,4)26-33(44)45)37(5,6)30(38)13-16-40(31,39)9/h28-32,34,42H,1,10-26H2,2-9H3,(H,44,45)/t28-,29+,30-,31?,32-,34+,38?,39+,40+,41-/m0/s1. The topological polar surface area (TPSA) is 88.1 Å². The summed E-state index contributed by atoms with van der Waals surface area (Å²) in [5, 5.41) is 13.7. The van der Waals surface area contributed by atoms with Gasteiger partial charge in [-0.15, -0.1) is 0 Å². The van der Waals surface area contributed by atoms with Crippen molar-refractivity contribution < 1.29 is 24.2 Å². The van der Waals surface area contributed by atoms with Crippen molar-refractivity contribution in [3.63, 3.8) is 0 Å². The van der Waals surface area contributed by atoms with E-state index in [0.29, 0.717) is 29.6 Å². The Balaban J connectivity index is 1.22. The van der Waals surface area contributed by atoms with Crippen LogP contribution in [0, 0.1) is 56.7 Å². The smallest absolute Gasteiger partial charge is 0.312 e. The maximum absolute atomic E-state index is 13.3. The lowest BCUT2D eigenvalue weighted by atomic mass is 9.32. The molecule has 1 saturated heterocycles. The molecule has 7 nitrogen and oxygen atoms in total. The summed E-state index contributed by atoms with van der Waals surface area (Å²) in [4.78, 5) is 27.4. The lowest BCUT2D eigenvalue weighted by molar-refractivity contribution is -0.247. The Bertz CT molecular complexity index is 1260. The molecular weight excluding hydrogens is 600 g/mol. The van der Waals surface area contributed by atoms with E-state index < -0.39 is 11.4 Å². The van der Waals surface area contributed by atoms with E-state index in [1.165, 1.54) is 56.9 Å². The van der Waals surface area contributed by atoms with E-state index >= 15 is 0 Å². The number of hydrogen-bond acceptors (Lipinski definition) is 6. The zero-order valence-corrected chi connectivity index (χ0v) is 31.7. The third kappa shape index (κ3) is 5.72. The molecule has 6 aliphatic rings. The van der Waals surface area contributed by atoms with Crippen molar-refractivity contribution in [3.05, 3.63) is 12.2 Å². The van der Waals surface area contributed by atoms with Gasteiger partial charge in [0.25, 0.3) is 0 Å². The molecule has 5 saturated carbocycles. The van der Waals surface area contributed by atoms with Gasteiger partial charge in [0.05, 0.1) is 25.0 Å². The largest absolute Gasteiger partial charge is 0.481 e. The highest BCUT2D eigenvalue weighted by molar-refractivity contribution is 5.82. The maximum Gasteiger partial charge on any atom is 0.312 e. The minimum absolute atomic E-state index is 0.163. The molecule has 48 heavy (non-hydrogen) atoms. The second-order valence-corrected chi connectivity index (χ2v) is 19.4. The molecular formula is C41H68N2O5. The van der Waals surface area contributed by atoms with Crippen molar-refractivity contribution in [1.82, 2.24) is 10.2 Å². The fourth-order valence-corrected chi connectivity index (χ4v) is 13.7. The van der Waals surface area contributed by atoms with Crippen molar-refractivity contribution >= 4 is 11.9 Å². The number of allylic oxidation sites excluding steroid dienone is 1.